The van der Waals surface area contributed by atoms with Gasteiger partial charge in [0.15, 0.2) is 0 Å². The molecular weight excluding hydrogens is 342 g/mol. The van der Waals surface area contributed by atoms with Crippen molar-refractivity contribution in [2.45, 2.75) is 32.2 Å². The Hall–Kier alpha value is -2.73. The Morgan fingerprint density at radius 2 is 1.67 bits per heavy atom. The molecule has 3 rings (SSSR count). The lowest BCUT2D eigenvalue weighted by Crippen LogP contribution is -2.40. The first kappa shape index (κ1) is 19.0. The molecule has 1 aliphatic heterocycles. The van der Waals surface area contributed by atoms with Crippen LogP contribution in [0.3, 0.4) is 0 Å². The molecule has 1 amide bonds. The molecule has 2 atom stereocenters. The first-order chi connectivity index (χ1) is 13.0. The summed E-state index contributed by atoms with van der Waals surface area (Å²) in [6, 6.07) is 14.1. The summed E-state index contributed by atoms with van der Waals surface area (Å²) in [5.41, 5.74) is 3.02. The number of benzene rings is 2. The van der Waals surface area contributed by atoms with Gasteiger partial charge in [0.05, 0.1) is 16.9 Å². The molecule has 0 saturated heterocycles. The number of nitrogens with one attached hydrogen (secondary N) is 1. The molecule has 0 radical (unpaired) electrons. The van der Waals surface area contributed by atoms with Crippen molar-refractivity contribution in [2.24, 2.45) is 0 Å². The maximum atomic E-state index is 12.9. The topological polar surface area (TPSA) is 75.5 Å². The van der Waals surface area contributed by atoms with Crippen LogP contribution in [-0.2, 0) is 4.79 Å². The van der Waals surface area contributed by atoms with Crippen molar-refractivity contribution >= 4 is 11.6 Å². The third-order valence-electron chi connectivity index (χ3n) is 5.35. The summed E-state index contributed by atoms with van der Waals surface area (Å²) in [7, 11) is 0. The van der Waals surface area contributed by atoms with Crippen molar-refractivity contribution in [1.82, 2.24) is 10.2 Å². The Morgan fingerprint density at radius 3 is 2.26 bits per heavy atom. The molecule has 6 nitrogen and oxygen atoms in total. The van der Waals surface area contributed by atoms with E-state index < -0.39 is 4.92 Å². The fraction of sp³-hybridized carbons (Fsp3) is 0.381. The van der Waals surface area contributed by atoms with E-state index in [1.807, 2.05) is 24.3 Å². The monoisotopic (exact) mass is 367 g/mol. The third kappa shape index (κ3) is 4.01. The highest BCUT2D eigenvalue weighted by molar-refractivity contribution is 5.87. The van der Waals surface area contributed by atoms with Crippen LogP contribution in [0.15, 0.2) is 48.5 Å². The summed E-state index contributed by atoms with van der Waals surface area (Å²) in [5, 5.41) is 14.0. The van der Waals surface area contributed by atoms with Crippen LogP contribution in [0.5, 0.6) is 0 Å². The quantitative estimate of drug-likeness (QED) is 0.599. The zero-order valence-electron chi connectivity index (χ0n) is 15.7. The first-order valence-corrected chi connectivity index (χ1v) is 9.41. The van der Waals surface area contributed by atoms with Crippen LogP contribution in [-0.4, -0.2) is 35.4 Å². The Bertz CT molecular complexity index is 816. The van der Waals surface area contributed by atoms with Crippen LogP contribution in [0, 0.1) is 10.1 Å². The molecule has 2 aromatic carbocycles. The maximum absolute atomic E-state index is 12.9. The molecule has 0 aromatic heterocycles. The lowest BCUT2D eigenvalue weighted by Gasteiger charge is -2.33. The van der Waals surface area contributed by atoms with E-state index in [0.29, 0.717) is 0 Å². The van der Waals surface area contributed by atoms with Gasteiger partial charge in [-0.1, -0.05) is 38.1 Å². The lowest BCUT2D eigenvalue weighted by atomic mass is 9.82. The van der Waals surface area contributed by atoms with E-state index in [1.54, 1.807) is 12.1 Å². The standard InChI is InChI=1S/C21H25N3O3/c1-3-23(4-2)14-13-19-17-7-5-6-8-18(17)20(22-21(19)25)15-9-11-16(12-10-15)24(26)27/h5-12,19-20H,3-4,13-14H2,1-2H3,(H,22,25). The van der Waals surface area contributed by atoms with Gasteiger partial charge in [-0.15, -0.1) is 0 Å². The summed E-state index contributed by atoms with van der Waals surface area (Å²) in [6.07, 6.45) is 0.775. The minimum atomic E-state index is -0.416. The summed E-state index contributed by atoms with van der Waals surface area (Å²) < 4.78 is 0. The molecule has 27 heavy (non-hydrogen) atoms. The second-order valence-corrected chi connectivity index (χ2v) is 6.79. The third-order valence-corrected chi connectivity index (χ3v) is 5.35. The van der Waals surface area contributed by atoms with Crippen molar-refractivity contribution in [1.29, 1.82) is 0 Å². The highest BCUT2D eigenvalue weighted by Gasteiger charge is 2.33. The van der Waals surface area contributed by atoms with Crippen molar-refractivity contribution in [3.63, 3.8) is 0 Å². The summed E-state index contributed by atoms with van der Waals surface area (Å²) in [4.78, 5) is 25.7. The molecule has 2 unspecified atom stereocenters. The number of non-ortho nitro benzene ring substituents is 1. The molecule has 0 bridgehead atoms. The Labute approximate surface area is 159 Å². The number of hydrogen-bond acceptors (Lipinski definition) is 4. The first-order valence-electron chi connectivity index (χ1n) is 9.41. The van der Waals surface area contributed by atoms with Gasteiger partial charge in [-0.05, 0) is 54.9 Å². The average Bonchev–Trinajstić information content (AvgIpc) is 2.69. The van der Waals surface area contributed by atoms with Crippen molar-refractivity contribution in [3.8, 4) is 0 Å². The van der Waals surface area contributed by atoms with Crippen LogP contribution in [0.2, 0.25) is 0 Å². The molecule has 0 fully saturated rings. The van der Waals surface area contributed by atoms with Crippen LogP contribution in [0.4, 0.5) is 5.69 Å². The van der Waals surface area contributed by atoms with E-state index in [9.17, 15) is 14.9 Å². The smallest absolute Gasteiger partial charge is 0.269 e. The molecule has 0 saturated carbocycles. The Morgan fingerprint density at radius 1 is 1.04 bits per heavy atom. The van der Waals surface area contributed by atoms with Gasteiger partial charge in [0, 0.05) is 12.1 Å². The second kappa shape index (κ2) is 8.31. The van der Waals surface area contributed by atoms with E-state index in [1.165, 1.54) is 12.1 Å². The van der Waals surface area contributed by atoms with Crippen LogP contribution < -0.4 is 5.32 Å². The molecule has 2 aromatic rings. The Balaban J connectivity index is 1.89. The zero-order valence-corrected chi connectivity index (χ0v) is 15.7. The fourth-order valence-electron chi connectivity index (χ4n) is 3.74. The number of nitro benzene ring substituents is 1. The van der Waals surface area contributed by atoms with Crippen molar-refractivity contribution < 1.29 is 9.72 Å². The van der Waals surface area contributed by atoms with E-state index in [4.69, 9.17) is 0 Å². The summed E-state index contributed by atoms with van der Waals surface area (Å²) in [6.45, 7) is 7.07. The number of fused-ring (bicyclic) bond motifs is 1. The average molecular weight is 367 g/mol. The van der Waals surface area contributed by atoms with Gasteiger partial charge in [0.25, 0.3) is 5.69 Å². The van der Waals surface area contributed by atoms with Gasteiger partial charge in [0.1, 0.15) is 0 Å². The van der Waals surface area contributed by atoms with E-state index in [-0.39, 0.29) is 23.6 Å². The molecule has 1 N–H and O–H groups in total. The molecule has 1 heterocycles. The number of amides is 1. The van der Waals surface area contributed by atoms with Gasteiger partial charge < -0.3 is 10.2 Å². The van der Waals surface area contributed by atoms with Gasteiger partial charge >= 0.3 is 0 Å². The normalized spacial score (nSPS) is 18.9. The predicted molar refractivity (Wildman–Crippen MR) is 105 cm³/mol. The molecule has 0 aliphatic carbocycles. The summed E-state index contributed by atoms with van der Waals surface area (Å²) in [5.74, 6) is -0.152. The highest BCUT2D eigenvalue weighted by Crippen LogP contribution is 2.36. The van der Waals surface area contributed by atoms with Gasteiger partial charge in [-0.2, -0.15) is 0 Å². The van der Waals surface area contributed by atoms with Gasteiger partial charge in [0.2, 0.25) is 5.91 Å². The highest BCUT2D eigenvalue weighted by atomic mass is 16.6. The molecular formula is C21H25N3O3. The minimum Gasteiger partial charge on any atom is -0.345 e. The van der Waals surface area contributed by atoms with E-state index in [2.05, 4.69) is 24.1 Å². The second-order valence-electron chi connectivity index (χ2n) is 6.79. The van der Waals surface area contributed by atoms with Crippen LogP contribution >= 0.6 is 0 Å². The molecule has 142 valence electrons. The number of rotatable bonds is 7. The van der Waals surface area contributed by atoms with Crippen molar-refractivity contribution in [3.05, 3.63) is 75.3 Å². The zero-order chi connectivity index (χ0) is 19.4. The van der Waals surface area contributed by atoms with Crippen molar-refractivity contribution in [2.75, 3.05) is 19.6 Å². The SMILES string of the molecule is CCN(CC)CCC1C(=O)NC(c2ccc([N+](=O)[O-])cc2)c2ccccc21. The number of hydrogen-bond donors (Lipinski definition) is 1. The predicted octanol–water partition coefficient (Wildman–Crippen LogP) is 3.63. The Kier molecular flexibility index (Phi) is 5.86. The lowest BCUT2D eigenvalue weighted by molar-refractivity contribution is -0.384. The molecule has 6 heteroatoms. The van der Waals surface area contributed by atoms with Crippen LogP contribution in [0.25, 0.3) is 0 Å². The van der Waals surface area contributed by atoms with E-state index in [0.717, 1.165) is 42.7 Å². The maximum Gasteiger partial charge on any atom is 0.269 e. The summed E-state index contributed by atoms with van der Waals surface area (Å²) >= 11 is 0. The molecule has 1 aliphatic rings. The van der Waals surface area contributed by atoms with Gasteiger partial charge in [-0.3, -0.25) is 14.9 Å². The molecule has 0 spiro atoms. The number of carbonyl (C=O) groups excluding carboxylic acids is 1. The van der Waals surface area contributed by atoms with E-state index >= 15 is 0 Å². The number of nitro groups is 1. The number of nitrogens with zero attached hydrogens (tertiary/aromatic N) is 2. The van der Waals surface area contributed by atoms with Crippen LogP contribution in [0.1, 0.15) is 48.9 Å². The van der Waals surface area contributed by atoms with Gasteiger partial charge in [-0.25, -0.2) is 0 Å². The fourth-order valence-corrected chi connectivity index (χ4v) is 3.74. The minimum absolute atomic E-state index is 0.0178. The number of carbonyl (C=O) groups is 1. The largest absolute Gasteiger partial charge is 0.345 e.